The smallest absolute Gasteiger partial charge is 0.271 e. The molecule has 4 fully saturated rings. The Morgan fingerprint density at radius 1 is 1.18 bits per heavy atom. The quantitative estimate of drug-likeness (QED) is 0.855. The average molecular weight is 400 g/mol. The first-order valence-corrected chi connectivity index (χ1v) is 11.2. The van der Waals surface area contributed by atoms with Crippen LogP contribution < -0.4 is 10.2 Å². The van der Waals surface area contributed by atoms with E-state index in [0.29, 0.717) is 17.7 Å². The van der Waals surface area contributed by atoms with Gasteiger partial charge in [0.25, 0.3) is 5.91 Å². The molecule has 0 spiro atoms. The fourth-order valence-corrected chi connectivity index (χ4v) is 6.03. The lowest BCUT2D eigenvalue weighted by Crippen LogP contribution is -2.57. The van der Waals surface area contributed by atoms with Gasteiger partial charge in [-0.15, -0.1) is 0 Å². The minimum atomic E-state index is -0.00487. The van der Waals surface area contributed by atoms with Gasteiger partial charge in [-0.1, -0.05) is 12.1 Å². The summed E-state index contributed by atoms with van der Waals surface area (Å²) in [4.78, 5) is 20.3. The minimum absolute atomic E-state index is 0.00487. The molecule has 4 aliphatic rings. The molecule has 4 aliphatic heterocycles. The molecule has 0 unspecified atom stereocenters. The van der Waals surface area contributed by atoms with E-state index < -0.39 is 0 Å². The summed E-state index contributed by atoms with van der Waals surface area (Å²) in [6.07, 6.45) is 3.58. The summed E-state index contributed by atoms with van der Waals surface area (Å²) in [5.74, 6) is 0.622. The first-order chi connectivity index (χ1) is 13.6. The van der Waals surface area contributed by atoms with Gasteiger partial charge in [-0.05, 0) is 70.0 Å². The van der Waals surface area contributed by atoms with Gasteiger partial charge in [0.05, 0.1) is 10.4 Å². The summed E-state index contributed by atoms with van der Waals surface area (Å²) in [6, 6.07) is 7.15. The number of aromatic nitrogens is 1. The lowest BCUT2D eigenvalue weighted by Gasteiger charge is -2.44. The van der Waals surface area contributed by atoms with Crippen molar-refractivity contribution in [3.8, 4) is 0 Å². The second kappa shape index (κ2) is 7.28. The number of anilines is 1. The predicted octanol–water partition coefficient (Wildman–Crippen LogP) is 2.26. The molecule has 4 saturated heterocycles. The van der Waals surface area contributed by atoms with Gasteiger partial charge in [0.2, 0.25) is 0 Å². The summed E-state index contributed by atoms with van der Waals surface area (Å²) in [5.41, 5.74) is 1.82. The first kappa shape index (κ1) is 18.3. The van der Waals surface area contributed by atoms with E-state index in [2.05, 4.69) is 50.6 Å². The second-order valence-electron chi connectivity index (χ2n) is 8.76. The Kier molecular flexibility index (Phi) is 4.77. The summed E-state index contributed by atoms with van der Waals surface area (Å²) in [5, 5.41) is 4.29. The molecular weight excluding hydrogens is 370 g/mol. The molecule has 150 valence electrons. The van der Waals surface area contributed by atoms with Crippen molar-refractivity contribution in [1.82, 2.24) is 19.5 Å². The van der Waals surface area contributed by atoms with E-state index in [1.54, 1.807) is 0 Å². The number of nitrogens with zero attached hydrogens (tertiary/aromatic N) is 4. The first-order valence-electron chi connectivity index (χ1n) is 10.4. The SMILES string of the molecule is CN(C)[C@H]1CCN(c2cccc3c(C(=O)N[C@H]4CN5CCC4CC5)nsc23)C1. The molecule has 1 aromatic heterocycles. The normalized spacial score (nSPS) is 29.8. The number of benzene rings is 1. The second-order valence-corrected chi connectivity index (χ2v) is 9.53. The van der Waals surface area contributed by atoms with Gasteiger partial charge >= 0.3 is 0 Å². The van der Waals surface area contributed by atoms with Crippen LogP contribution in [-0.2, 0) is 0 Å². The molecule has 0 aliphatic carbocycles. The molecule has 1 aromatic carbocycles. The molecule has 7 heteroatoms. The summed E-state index contributed by atoms with van der Waals surface area (Å²) in [7, 11) is 4.30. The summed E-state index contributed by atoms with van der Waals surface area (Å²) < 4.78 is 5.73. The zero-order chi connectivity index (χ0) is 19.3. The third-order valence-corrected chi connectivity index (χ3v) is 7.79. The van der Waals surface area contributed by atoms with Crippen LogP contribution in [0, 0.1) is 5.92 Å². The number of amides is 1. The number of hydrogen-bond acceptors (Lipinski definition) is 6. The zero-order valence-corrected chi connectivity index (χ0v) is 17.5. The van der Waals surface area contributed by atoms with Crippen LogP contribution in [0.3, 0.4) is 0 Å². The van der Waals surface area contributed by atoms with Crippen molar-refractivity contribution in [3.05, 3.63) is 23.9 Å². The molecule has 5 heterocycles. The molecule has 2 atom stereocenters. The summed E-state index contributed by atoms with van der Waals surface area (Å²) >= 11 is 1.47. The fraction of sp³-hybridized carbons (Fsp3) is 0.619. The number of likely N-dealkylation sites (N-methyl/N-ethyl adjacent to an activating group) is 1. The molecule has 1 N–H and O–H groups in total. The van der Waals surface area contributed by atoms with Crippen molar-refractivity contribution in [2.75, 3.05) is 51.7 Å². The average Bonchev–Trinajstić information content (AvgIpc) is 3.36. The highest BCUT2D eigenvalue weighted by Crippen LogP contribution is 2.35. The molecule has 0 saturated carbocycles. The lowest BCUT2D eigenvalue weighted by molar-refractivity contribution is 0.0619. The van der Waals surface area contributed by atoms with E-state index >= 15 is 0 Å². The van der Waals surface area contributed by atoms with Crippen LogP contribution >= 0.6 is 11.5 Å². The minimum Gasteiger partial charge on any atom is -0.369 e. The number of carbonyl (C=O) groups is 1. The van der Waals surface area contributed by atoms with Crippen molar-refractivity contribution in [1.29, 1.82) is 0 Å². The van der Waals surface area contributed by atoms with Crippen molar-refractivity contribution in [2.45, 2.75) is 31.3 Å². The molecule has 1 amide bonds. The largest absolute Gasteiger partial charge is 0.369 e. The van der Waals surface area contributed by atoms with Crippen molar-refractivity contribution in [2.24, 2.45) is 5.92 Å². The fourth-order valence-electron chi connectivity index (χ4n) is 5.11. The number of nitrogens with one attached hydrogen (secondary N) is 1. The van der Waals surface area contributed by atoms with Gasteiger partial charge in [0.1, 0.15) is 5.69 Å². The third-order valence-electron chi connectivity index (χ3n) is 6.90. The van der Waals surface area contributed by atoms with Crippen molar-refractivity contribution < 1.29 is 4.79 Å². The van der Waals surface area contributed by atoms with Crippen LogP contribution in [0.4, 0.5) is 5.69 Å². The van der Waals surface area contributed by atoms with Crippen LogP contribution in [0.1, 0.15) is 29.8 Å². The van der Waals surface area contributed by atoms with E-state index in [1.165, 1.54) is 49.6 Å². The molecule has 0 radical (unpaired) electrons. The lowest BCUT2D eigenvalue weighted by atomic mass is 9.84. The highest BCUT2D eigenvalue weighted by molar-refractivity contribution is 7.14. The maximum atomic E-state index is 13.0. The zero-order valence-electron chi connectivity index (χ0n) is 16.7. The highest BCUT2D eigenvalue weighted by atomic mass is 32.1. The van der Waals surface area contributed by atoms with Crippen molar-refractivity contribution in [3.63, 3.8) is 0 Å². The maximum Gasteiger partial charge on any atom is 0.271 e. The highest BCUT2D eigenvalue weighted by Gasteiger charge is 2.35. The molecule has 6 rings (SSSR count). The maximum absolute atomic E-state index is 13.0. The van der Waals surface area contributed by atoms with Gasteiger partial charge in [-0.2, -0.15) is 4.37 Å². The Hall–Kier alpha value is -1.70. The van der Waals surface area contributed by atoms with Gasteiger partial charge in [0, 0.05) is 37.1 Å². The molecule has 28 heavy (non-hydrogen) atoms. The number of piperidine rings is 3. The molecule has 2 bridgehead atoms. The number of carbonyl (C=O) groups excluding carboxylic acids is 1. The van der Waals surface area contributed by atoms with E-state index in [1.807, 2.05) is 6.07 Å². The van der Waals surface area contributed by atoms with Crippen molar-refractivity contribution >= 4 is 33.2 Å². The number of hydrogen-bond donors (Lipinski definition) is 1. The monoisotopic (exact) mass is 399 g/mol. The topological polar surface area (TPSA) is 51.7 Å². The number of fused-ring (bicyclic) bond motifs is 4. The Morgan fingerprint density at radius 2 is 2.00 bits per heavy atom. The van der Waals surface area contributed by atoms with E-state index in [-0.39, 0.29) is 11.9 Å². The standard InChI is InChI=1S/C21H29N5OS/c1-24(2)15-8-11-26(12-15)18-5-3-4-16-19(23-28-20(16)18)21(27)22-17-13-25-9-6-14(17)7-10-25/h3-5,14-15,17H,6-13H2,1-2H3,(H,22,27)/t15-,17-/m0/s1. The van der Waals surface area contributed by atoms with Gasteiger partial charge in [-0.25, -0.2) is 0 Å². The van der Waals surface area contributed by atoms with E-state index in [0.717, 1.165) is 29.7 Å². The van der Waals surface area contributed by atoms with Crippen LogP contribution in [0.2, 0.25) is 0 Å². The molecule has 6 nitrogen and oxygen atoms in total. The van der Waals surface area contributed by atoms with E-state index in [9.17, 15) is 4.79 Å². The Labute approximate surface area is 170 Å². The third kappa shape index (κ3) is 3.19. The predicted molar refractivity (Wildman–Crippen MR) is 114 cm³/mol. The molecule has 2 aromatic rings. The molecular formula is C21H29N5OS. The van der Waals surface area contributed by atoms with E-state index in [4.69, 9.17) is 0 Å². The number of rotatable bonds is 4. The van der Waals surface area contributed by atoms with Crippen LogP contribution in [0.15, 0.2) is 18.2 Å². The van der Waals surface area contributed by atoms with Crippen LogP contribution in [0.5, 0.6) is 0 Å². The Morgan fingerprint density at radius 3 is 2.68 bits per heavy atom. The summed E-state index contributed by atoms with van der Waals surface area (Å²) in [6.45, 7) is 5.45. The van der Waals surface area contributed by atoms with Gasteiger partial charge in [0.15, 0.2) is 0 Å². The van der Waals surface area contributed by atoms with Gasteiger partial charge < -0.3 is 20.0 Å². The van der Waals surface area contributed by atoms with Gasteiger partial charge in [-0.3, -0.25) is 4.79 Å². The Bertz CT molecular complexity index is 873. The van der Waals surface area contributed by atoms with Crippen LogP contribution in [0.25, 0.3) is 10.1 Å². The van der Waals surface area contributed by atoms with Crippen LogP contribution in [-0.4, -0.2) is 79.0 Å². The Balaban J connectivity index is 1.37.